The van der Waals surface area contributed by atoms with Crippen LogP contribution >= 0.6 is 0 Å². The summed E-state index contributed by atoms with van der Waals surface area (Å²) < 4.78 is 100. The van der Waals surface area contributed by atoms with Crippen molar-refractivity contribution in [2.24, 2.45) is 34.5 Å². The predicted molar refractivity (Wildman–Crippen MR) is 502 cm³/mol. The standard InChI is InChI=1S/C100H139F2N11O28/c1-8-19-82-139-78-49-65-66-48-68(101)67-47-61(117)34-36-97(67,5)99(66,102)76(119)50-98(65,6)100(78,141-82)77(120)54-135-62-31-28-59(29-32-62)104-93(129)57(4)46-72(118)83(56(2)3)106-94(130)69(24-16-17-37-103-80(122)55-136-73-27-11-9-10-26-71-85(73)108-110-113(71)95-90(127)89(126)92(75(53-115)137-95)140-96-91(128)88(125)87(124)74(52-114)138-96)105-79(121)35-39-132-41-43-134-45-44-133-42-40-131-38-18-21-60(116)30-33-81(123)112-51-58-20-12-13-22-63(58)86-84(107-109-111(86)7)64-23-14-15-25-70(64)112/h12-15,20,22-23,25,28-29,31-32,34,36,47,56-57,65-66,68-69,73-76,78,82-83,87-92,95-96,107-110,114-115,119,124-128H,8-11,16-19,21,24,26-27,30,33,35,37-46,48-55H2,1-7H3,(H,103,122)(H,104,129)(H,105,121)(H,106,130)/t57-,65+,66+,68+,69-,73?,74-,75-,76+,78-,82?,83+,87-,88+,89-,90-,91-,92-,95+,96-,97+,98+,99+,100-/m1/s1. The second-order valence-electron chi connectivity index (χ2n) is 39.2. The van der Waals surface area contributed by atoms with Crippen molar-refractivity contribution in [2.75, 3.05) is 103 Å². The van der Waals surface area contributed by atoms with E-state index in [9.17, 15) is 79.2 Å². The van der Waals surface area contributed by atoms with Crippen molar-refractivity contribution in [3.63, 3.8) is 0 Å². The van der Waals surface area contributed by atoms with Crippen LogP contribution in [0.25, 0.3) is 11.4 Å². The van der Waals surface area contributed by atoms with Crippen LogP contribution in [0.15, 0.2) is 108 Å². The lowest BCUT2D eigenvalue weighted by Gasteiger charge is -2.63. The van der Waals surface area contributed by atoms with Crippen molar-refractivity contribution in [3.05, 3.63) is 125 Å². The number of fused-ring (bicyclic) bond motifs is 11. The van der Waals surface area contributed by atoms with Gasteiger partial charge in [-0.05, 0) is 143 Å². The fraction of sp³-hybridized carbons (Fsp3) is 0.650. The summed E-state index contributed by atoms with van der Waals surface area (Å²) >= 11 is 0. The molecule has 14 rings (SSSR count). The minimum Gasteiger partial charge on any atom is -0.486 e. The Morgan fingerprint density at radius 1 is 0.695 bits per heavy atom. The van der Waals surface area contributed by atoms with E-state index in [4.69, 9.17) is 52.1 Å². The van der Waals surface area contributed by atoms with Gasteiger partial charge in [0.1, 0.15) is 91.9 Å². The van der Waals surface area contributed by atoms with Gasteiger partial charge >= 0.3 is 0 Å². The lowest BCUT2D eigenvalue weighted by atomic mass is 9.44. The predicted octanol–water partition coefficient (Wildman–Crippen LogP) is 3.71. The smallest absolute Gasteiger partial charge is 0.246 e. The SMILES string of the molecule is CCCC1O[C@@H]2C[C@H]3[C@@H]4C[C@H](F)C5=CC(=O)C=C[C@]5(C)[C@@]4(F)[C@@H](O)C[C@]3(C)[C@]2(C(=O)COc2ccc(NC(=O)[C@H](C)CC(=O)[C@@H](NC(=O)[C@@H](CCCCNC(=O)COC3CCCCCC4=C3NNN4[C@H]3O[C@H](CO)[C@@H](O[C@H]4O[C@H](CO)[C@@H](O)[C@H](O)[C@H]4O)[C@H](O)[C@H]3O)NC(=O)CCOCCOCCOCCOCCCC(=O)CCC(=O)N3Cc4ccccc4C4=C(NNN4C)c4ccccc43)C(C)C)cc2)O1. The summed E-state index contributed by atoms with van der Waals surface area (Å²) in [5.41, 5.74) is 12.3. The first-order valence-corrected chi connectivity index (χ1v) is 49.5. The molecule has 776 valence electrons. The van der Waals surface area contributed by atoms with E-state index in [1.54, 1.807) is 44.7 Å². The first-order chi connectivity index (χ1) is 67.7. The Labute approximate surface area is 818 Å². The topological polar surface area (TPSA) is 523 Å². The number of alkyl halides is 2. The highest BCUT2D eigenvalue weighted by Gasteiger charge is 2.80. The zero-order chi connectivity index (χ0) is 101. The number of benzene rings is 3. The molecule has 5 amide bonds. The molecule has 141 heavy (non-hydrogen) atoms. The highest BCUT2D eigenvalue weighted by Crippen LogP contribution is 2.72. The zero-order valence-electron chi connectivity index (χ0n) is 81.0. The Morgan fingerprint density at radius 2 is 1.40 bits per heavy atom. The third-order valence-corrected chi connectivity index (χ3v) is 29.5. The monoisotopic (exact) mass is 1980 g/mol. The number of para-hydroxylation sites is 1. The van der Waals surface area contributed by atoms with E-state index in [0.29, 0.717) is 75.2 Å². The van der Waals surface area contributed by atoms with E-state index in [-0.39, 0.29) is 140 Å². The number of aliphatic hydroxyl groups excluding tert-OH is 8. The second-order valence-corrected chi connectivity index (χ2v) is 39.2. The van der Waals surface area contributed by atoms with Crippen LogP contribution in [0.5, 0.6) is 5.75 Å². The number of ether oxygens (including phenoxy) is 11. The van der Waals surface area contributed by atoms with Crippen molar-refractivity contribution >= 4 is 75.4 Å². The number of hydrogen-bond donors (Lipinski definition) is 16. The van der Waals surface area contributed by atoms with Crippen LogP contribution in [0.2, 0.25) is 0 Å². The van der Waals surface area contributed by atoms with E-state index in [0.717, 1.165) is 52.7 Å². The minimum absolute atomic E-state index is 0.0176. The summed E-state index contributed by atoms with van der Waals surface area (Å²) in [4.78, 5) is 126. The summed E-state index contributed by atoms with van der Waals surface area (Å²) in [6.45, 7) is 9.87. The van der Waals surface area contributed by atoms with Gasteiger partial charge in [0.05, 0.1) is 113 Å². The maximum Gasteiger partial charge on any atom is 0.246 e. The van der Waals surface area contributed by atoms with Gasteiger partial charge in [-0.15, -0.1) is 11.1 Å². The van der Waals surface area contributed by atoms with Crippen LogP contribution < -0.4 is 52.8 Å². The summed E-state index contributed by atoms with van der Waals surface area (Å²) in [7, 11) is 1.93. The average molecular weight is 1980 g/mol. The molecule has 3 saturated heterocycles. The molecule has 0 aromatic heterocycles. The molecule has 3 aromatic rings. The molecule has 3 aromatic carbocycles. The first kappa shape index (κ1) is 107. The minimum atomic E-state index is -2.39. The maximum absolute atomic E-state index is 18.1. The molecular formula is C100H139F2N11O28. The molecule has 41 heteroatoms. The summed E-state index contributed by atoms with van der Waals surface area (Å²) in [5.74, 6) is -6.85. The molecule has 6 aliphatic heterocycles. The van der Waals surface area contributed by atoms with Gasteiger partial charge in [0.2, 0.25) is 35.3 Å². The Morgan fingerprint density at radius 3 is 2.13 bits per heavy atom. The molecule has 0 bridgehead atoms. The van der Waals surface area contributed by atoms with Crippen molar-refractivity contribution in [2.45, 2.75) is 286 Å². The van der Waals surface area contributed by atoms with E-state index >= 15 is 13.6 Å². The third kappa shape index (κ3) is 23.6. The van der Waals surface area contributed by atoms with Crippen LogP contribution in [0.4, 0.5) is 20.2 Å². The highest BCUT2D eigenvalue weighted by atomic mass is 19.1. The number of ketones is 4. The number of unbranched alkanes of at least 4 members (excludes halogenated alkanes) is 1. The highest BCUT2D eigenvalue weighted by molar-refractivity contribution is 6.04. The molecule has 16 N–H and O–H groups in total. The number of aliphatic hydroxyl groups is 8. The second kappa shape index (κ2) is 48.2. The maximum atomic E-state index is 18.1. The van der Waals surface area contributed by atoms with Crippen LogP contribution in [0.1, 0.15) is 180 Å². The van der Waals surface area contributed by atoms with E-state index in [1.165, 1.54) is 36.2 Å². The van der Waals surface area contributed by atoms with Crippen molar-refractivity contribution in [1.82, 2.24) is 47.9 Å². The number of hydrogen-bond acceptors (Lipinski definition) is 34. The van der Waals surface area contributed by atoms with E-state index in [1.807, 2.05) is 67.5 Å². The number of carbonyl (C=O) groups is 9. The van der Waals surface area contributed by atoms with Gasteiger partial charge in [-0.2, -0.15) is 0 Å². The number of hydrazine groups is 4. The zero-order valence-corrected chi connectivity index (χ0v) is 81.0. The van der Waals surface area contributed by atoms with E-state index < -0.39 is 217 Å². The normalized spacial score (nSPS) is 31.0. The molecule has 2 unspecified atom stereocenters. The molecule has 6 fully saturated rings. The molecule has 24 atom stereocenters. The Bertz CT molecular complexity index is 5010. The fourth-order valence-corrected chi connectivity index (χ4v) is 21.9. The van der Waals surface area contributed by atoms with Crippen molar-refractivity contribution in [1.29, 1.82) is 0 Å². The number of nitrogens with one attached hydrogen (secondary N) is 8. The number of anilines is 2. The van der Waals surface area contributed by atoms with Gasteiger partial charge in [0, 0.05) is 91.8 Å². The number of carbonyl (C=O) groups excluding carboxylic acids is 9. The molecule has 39 nitrogen and oxygen atoms in total. The number of allylic oxidation sites excluding steroid dienone is 5. The number of Topliss-reactive ketones (excluding diaryl/α,β-unsaturated/α-hetero) is 3. The molecule has 3 saturated carbocycles. The molecule has 5 aliphatic carbocycles. The number of nitrogens with zero attached hydrogens (tertiary/aromatic N) is 3. The quantitative estimate of drug-likeness (QED) is 0.0358. The van der Waals surface area contributed by atoms with Crippen molar-refractivity contribution in [3.8, 4) is 5.75 Å². The van der Waals surface area contributed by atoms with Gasteiger partial charge in [-0.3, -0.25) is 53.2 Å². The van der Waals surface area contributed by atoms with Gasteiger partial charge in [0.25, 0.3) is 0 Å². The summed E-state index contributed by atoms with van der Waals surface area (Å²) in [5, 5.41) is 101. The van der Waals surface area contributed by atoms with E-state index in [2.05, 4.69) is 43.2 Å². The molecule has 6 heterocycles. The van der Waals surface area contributed by atoms with Crippen LogP contribution in [0, 0.1) is 34.5 Å². The summed E-state index contributed by atoms with van der Waals surface area (Å²) in [6, 6.07) is 19.5. The number of rotatable bonds is 47. The lowest BCUT2D eigenvalue weighted by Crippen LogP contribution is -2.71. The lowest BCUT2D eigenvalue weighted by molar-refractivity contribution is -0.349. The molecule has 0 spiro atoms. The molecule has 0 radical (unpaired) electrons. The third-order valence-electron chi connectivity index (χ3n) is 29.5. The Balaban J connectivity index is 0.529. The largest absolute Gasteiger partial charge is 0.486 e. The van der Waals surface area contributed by atoms with Gasteiger partial charge in [-0.25, -0.2) is 8.78 Å². The summed E-state index contributed by atoms with van der Waals surface area (Å²) in [6.07, 6.45) is -13.5. The van der Waals surface area contributed by atoms with Crippen LogP contribution in [0.3, 0.4) is 0 Å². The fourth-order valence-electron chi connectivity index (χ4n) is 21.9. The molecular weight excluding hydrogens is 1840 g/mol. The number of halogens is 2. The van der Waals surface area contributed by atoms with Crippen LogP contribution in [-0.4, -0.2) is 312 Å². The molecule has 11 aliphatic rings. The van der Waals surface area contributed by atoms with Crippen molar-refractivity contribution < 1.29 is 145 Å². The Hall–Kier alpha value is -9.29. The Kier molecular flexibility index (Phi) is 36.7. The van der Waals surface area contributed by atoms with Gasteiger partial charge in [0.15, 0.2) is 41.6 Å². The van der Waals surface area contributed by atoms with Gasteiger partial charge in [-0.1, -0.05) is 102 Å². The first-order valence-electron chi connectivity index (χ1n) is 49.5. The van der Waals surface area contributed by atoms with Crippen LogP contribution in [-0.2, 0) is 97.1 Å². The number of amides is 5. The van der Waals surface area contributed by atoms with Gasteiger partial charge < -0.3 is 130 Å². The average Bonchev–Trinajstić information content (AvgIpc) is 1.51.